The molecule has 1 aliphatic heterocycles. The van der Waals surface area contributed by atoms with Crippen LogP contribution >= 0.6 is 7.75 Å². The van der Waals surface area contributed by atoms with Crippen molar-refractivity contribution in [2.24, 2.45) is 5.92 Å². The lowest BCUT2D eigenvalue weighted by Gasteiger charge is -2.43. The largest absolute Gasteiger partial charge is 0.497 e. The zero-order valence-electron chi connectivity index (χ0n) is 22.6. The zero-order chi connectivity index (χ0) is 28.8. The van der Waals surface area contributed by atoms with Crippen molar-refractivity contribution in [3.63, 3.8) is 0 Å². The van der Waals surface area contributed by atoms with Gasteiger partial charge in [-0.1, -0.05) is 13.8 Å². The van der Waals surface area contributed by atoms with Gasteiger partial charge in [-0.2, -0.15) is 5.09 Å². The van der Waals surface area contributed by atoms with Crippen LogP contribution in [0.25, 0.3) is 0 Å². The first kappa shape index (κ1) is 32.0. The quantitative estimate of drug-likeness (QED) is 0.192. The summed E-state index contributed by atoms with van der Waals surface area (Å²) in [5, 5.41) is 35.9. The van der Waals surface area contributed by atoms with Gasteiger partial charge in [-0.15, -0.1) is 0 Å². The van der Waals surface area contributed by atoms with Gasteiger partial charge in [0.1, 0.15) is 47.5 Å². The van der Waals surface area contributed by atoms with Crippen molar-refractivity contribution in [1.82, 2.24) is 10.4 Å². The van der Waals surface area contributed by atoms with Crippen molar-refractivity contribution in [2.75, 3.05) is 13.7 Å². The van der Waals surface area contributed by atoms with Gasteiger partial charge in [0.25, 0.3) is 0 Å². The summed E-state index contributed by atoms with van der Waals surface area (Å²) in [5.74, 6) is -1.23. The molecule has 38 heavy (non-hydrogen) atoms. The highest BCUT2D eigenvalue weighted by Crippen LogP contribution is 2.49. The molecular weight excluding hydrogens is 523 g/mol. The van der Waals surface area contributed by atoms with E-state index in [-0.39, 0.29) is 5.75 Å². The first-order chi connectivity index (χ1) is 17.6. The summed E-state index contributed by atoms with van der Waals surface area (Å²) in [4.78, 5) is 24.8. The number of methoxy groups -OCH3 is 1. The number of hydrogen-bond donors (Lipinski definition) is 5. The second-order valence-electron chi connectivity index (χ2n) is 10.2. The lowest BCUT2D eigenvalue weighted by molar-refractivity contribution is -0.250. The van der Waals surface area contributed by atoms with E-state index < -0.39 is 74.4 Å². The van der Waals surface area contributed by atoms with Crippen LogP contribution in [0.3, 0.4) is 0 Å². The van der Waals surface area contributed by atoms with Crippen molar-refractivity contribution in [2.45, 2.75) is 83.8 Å². The summed E-state index contributed by atoms with van der Waals surface area (Å²) >= 11 is 0. The van der Waals surface area contributed by atoms with Gasteiger partial charge in [0, 0.05) is 6.92 Å². The molecule has 0 spiro atoms. The van der Waals surface area contributed by atoms with E-state index in [0.717, 1.165) is 6.92 Å². The van der Waals surface area contributed by atoms with Gasteiger partial charge in [-0.05, 0) is 51.0 Å². The fourth-order valence-corrected chi connectivity index (χ4v) is 5.50. The summed E-state index contributed by atoms with van der Waals surface area (Å²) in [6.07, 6.45) is -6.32. The highest BCUT2D eigenvalue weighted by atomic mass is 31.2. The maximum absolute atomic E-state index is 14.3. The number of nitrogens with one attached hydrogen (secondary N) is 2. The minimum atomic E-state index is -4.60. The Morgan fingerprint density at radius 2 is 1.71 bits per heavy atom. The minimum absolute atomic E-state index is 0.0604. The summed E-state index contributed by atoms with van der Waals surface area (Å²) < 4.78 is 41.6. The number of carbonyl (C=O) groups is 2. The molecule has 13 nitrogen and oxygen atoms in total. The molecule has 0 aromatic heterocycles. The predicted octanol–water partition coefficient (Wildman–Crippen LogP) is 1.10. The number of ether oxygens (including phenoxy) is 3. The van der Waals surface area contributed by atoms with Crippen LogP contribution in [0.4, 0.5) is 0 Å². The molecule has 7 atom stereocenters. The molecule has 0 radical (unpaired) electrons. The summed E-state index contributed by atoms with van der Waals surface area (Å²) in [6.45, 7) is 8.87. The highest BCUT2D eigenvalue weighted by Gasteiger charge is 2.50. The number of rotatable bonds is 11. The first-order valence-corrected chi connectivity index (χ1v) is 13.7. The summed E-state index contributed by atoms with van der Waals surface area (Å²) in [7, 11) is -3.13. The Balaban J connectivity index is 2.51. The Labute approximate surface area is 222 Å². The Bertz CT molecular complexity index is 983. The molecule has 2 rings (SSSR count). The third-order valence-electron chi connectivity index (χ3n) is 5.41. The molecule has 1 aromatic rings. The Kier molecular flexibility index (Phi) is 11.1. The van der Waals surface area contributed by atoms with E-state index in [1.165, 1.54) is 19.2 Å². The Morgan fingerprint density at radius 1 is 1.13 bits per heavy atom. The smallest absolute Gasteiger partial charge is 0.459 e. The number of hydrogen-bond acceptors (Lipinski definition) is 11. The maximum Gasteiger partial charge on any atom is 0.459 e. The molecule has 2 unspecified atom stereocenters. The minimum Gasteiger partial charge on any atom is -0.497 e. The van der Waals surface area contributed by atoms with E-state index >= 15 is 0 Å². The van der Waals surface area contributed by atoms with Gasteiger partial charge < -0.3 is 39.4 Å². The molecule has 0 bridgehead atoms. The van der Waals surface area contributed by atoms with Gasteiger partial charge >= 0.3 is 13.7 Å². The Morgan fingerprint density at radius 3 is 2.18 bits per heavy atom. The monoisotopic (exact) mass is 562 g/mol. The van der Waals surface area contributed by atoms with E-state index in [9.17, 15) is 29.5 Å². The number of esters is 1. The summed E-state index contributed by atoms with van der Waals surface area (Å²) in [5.41, 5.74) is -0.848. The van der Waals surface area contributed by atoms with Gasteiger partial charge in [-0.25, -0.2) is 4.57 Å². The second-order valence-corrected chi connectivity index (χ2v) is 11.8. The van der Waals surface area contributed by atoms with Crippen molar-refractivity contribution in [3.05, 3.63) is 24.3 Å². The van der Waals surface area contributed by atoms with Crippen LogP contribution in [0.2, 0.25) is 0 Å². The molecule has 5 N–H and O–H groups in total. The Hall–Kier alpha value is -2.25. The standard InChI is InChI=1S/C24H39N2O11P/c1-13(2)18(23(31)35-24(4,5)6)26-38(32,36-16-10-8-15(33-7)9-11-16)37-21-19(25-14(3)28)22(30)34-17(12-27)20(21)29/h8-11,13,17-22,27,29-30H,12H2,1-7H3,(H,25,28)(H,26,32)/t17-,18?,19-,20-,21+,22+,38?/m1/s1. The number of aliphatic hydroxyl groups excluding tert-OH is 3. The van der Waals surface area contributed by atoms with E-state index in [2.05, 4.69) is 10.4 Å². The first-order valence-electron chi connectivity index (χ1n) is 12.1. The van der Waals surface area contributed by atoms with Crippen LogP contribution in [-0.2, 0) is 28.2 Å². The molecule has 1 heterocycles. The lowest BCUT2D eigenvalue weighted by Crippen LogP contribution is -2.64. The fraction of sp³-hybridized carbons (Fsp3) is 0.667. The van der Waals surface area contributed by atoms with Gasteiger partial charge in [0.2, 0.25) is 5.91 Å². The van der Waals surface area contributed by atoms with Gasteiger partial charge in [0.05, 0.1) is 13.7 Å². The molecule has 14 heteroatoms. The average molecular weight is 563 g/mol. The van der Waals surface area contributed by atoms with Crippen LogP contribution < -0.4 is 19.7 Å². The number of amides is 1. The molecular formula is C24H39N2O11P. The number of benzene rings is 1. The van der Waals surface area contributed by atoms with Gasteiger partial charge in [-0.3, -0.25) is 14.1 Å². The third-order valence-corrected chi connectivity index (χ3v) is 6.98. The molecule has 1 fully saturated rings. The number of carbonyl (C=O) groups excluding carboxylic acids is 2. The van der Waals surface area contributed by atoms with Crippen molar-refractivity contribution in [1.29, 1.82) is 0 Å². The van der Waals surface area contributed by atoms with Crippen LogP contribution in [0.5, 0.6) is 11.5 Å². The average Bonchev–Trinajstić information content (AvgIpc) is 2.81. The number of aliphatic hydroxyl groups is 3. The predicted molar refractivity (Wildman–Crippen MR) is 135 cm³/mol. The van der Waals surface area contributed by atoms with E-state index in [1.54, 1.807) is 46.8 Å². The SMILES string of the molecule is COc1ccc(OP(=O)(NC(C(=O)OC(C)(C)C)C(C)C)O[C@@H]2[C@H](O)[C@@H](CO)O[C@H](O)[C@@H]2NC(C)=O)cc1. The zero-order valence-corrected chi connectivity index (χ0v) is 23.5. The molecule has 1 aliphatic rings. The van der Waals surface area contributed by atoms with Gasteiger partial charge in [0.15, 0.2) is 6.29 Å². The van der Waals surface area contributed by atoms with Crippen LogP contribution in [-0.4, -0.2) is 83.2 Å². The van der Waals surface area contributed by atoms with E-state index in [1.807, 2.05) is 0 Å². The lowest BCUT2D eigenvalue weighted by atomic mass is 9.97. The maximum atomic E-state index is 14.3. The molecule has 1 saturated heterocycles. The van der Waals surface area contributed by atoms with E-state index in [0.29, 0.717) is 5.75 Å². The second kappa shape index (κ2) is 13.2. The highest BCUT2D eigenvalue weighted by molar-refractivity contribution is 7.52. The topological polar surface area (TPSA) is 182 Å². The van der Waals surface area contributed by atoms with Crippen molar-refractivity contribution >= 4 is 19.6 Å². The summed E-state index contributed by atoms with van der Waals surface area (Å²) in [6, 6.07) is 3.40. The molecule has 216 valence electrons. The third kappa shape index (κ3) is 8.91. The molecule has 1 aromatic carbocycles. The molecule has 0 saturated carbocycles. The van der Waals surface area contributed by atoms with Crippen LogP contribution in [0, 0.1) is 5.92 Å². The molecule has 0 aliphatic carbocycles. The van der Waals surface area contributed by atoms with Crippen molar-refractivity contribution in [3.8, 4) is 11.5 Å². The van der Waals surface area contributed by atoms with Crippen molar-refractivity contribution < 1.29 is 52.7 Å². The van der Waals surface area contributed by atoms with Crippen LogP contribution in [0.15, 0.2) is 24.3 Å². The van der Waals surface area contributed by atoms with Crippen LogP contribution in [0.1, 0.15) is 41.5 Å². The van der Waals surface area contributed by atoms with E-state index in [4.69, 9.17) is 23.3 Å². The fourth-order valence-electron chi connectivity index (χ4n) is 3.62. The molecule has 1 amide bonds. The normalized spacial score (nSPS) is 26.2.